The molecule has 0 aliphatic carbocycles. The Morgan fingerprint density at radius 1 is 1.44 bits per heavy atom. The zero-order valence-corrected chi connectivity index (χ0v) is 12.3. The average Bonchev–Trinajstić information content (AvgIpc) is 2.26. The van der Waals surface area contributed by atoms with Gasteiger partial charge in [0.05, 0.1) is 10.6 Å². The van der Waals surface area contributed by atoms with Crippen LogP contribution in [0.2, 0.25) is 0 Å². The van der Waals surface area contributed by atoms with Gasteiger partial charge in [0.2, 0.25) is 5.91 Å². The molecule has 100 valence electrons. The molecule has 1 amide bonds. The number of benzene rings is 1. The number of nitrogens with two attached hydrogens (primary N) is 1. The summed E-state index contributed by atoms with van der Waals surface area (Å²) in [6.07, 6.45) is -0.0486. The van der Waals surface area contributed by atoms with Crippen LogP contribution in [0.1, 0.15) is 13.3 Å². The molecular weight excluding hydrogens is 320 g/mol. The molecule has 1 aromatic rings. The highest BCUT2D eigenvalue weighted by atomic mass is 79.9. The fourth-order valence-electron chi connectivity index (χ4n) is 1.39. The molecule has 0 aromatic heterocycles. The van der Waals surface area contributed by atoms with Gasteiger partial charge >= 0.3 is 0 Å². The number of hydrogen-bond acceptors (Lipinski definition) is 4. The molecule has 0 atom stereocenters. The van der Waals surface area contributed by atoms with Gasteiger partial charge in [-0.15, -0.1) is 0 Å². The summed E-state index contributed by atoms with van der Waals surface area (Å²) in [5.74, 6) is -0.492. The van der Waals surface area contributed by atoms with E-state index in [0.29, 0.717) is 16.7 Å². The molecule has 0 heterocycles. The van der Waals surface area contributed by atoms with Gasteiger partial charge in [0.1, 0.15) is 0 Å². The number of nitrogen functional groups attached to an aromatic ring is 1. The lowest BCUT2D eigenvalue weighted by molar-refractivity contribution is -0.120. The van der Waals surface area contributed by atoms with Crippen LogP contribution in [0.5, 0.6) is 0 Å². The van der Waals surface area contributed by atoms with Crippen molar-refractivity contribution in [2.24, 2.45) is 0 Å². The van der Waals surface area contributed by atoms with Gasteiger partial charge in [0.15, 0.2) is 9.84 Å². The van der Waals surface area contributed by atoms with E-state index in [1.807, 2.05) is 0 Å². The Balaban J connectivity index is 2.83. The van der Waals surface area contributed by atoms with Crippen molar-refractivity contribution in [3.05, 3.63) is 22.7 Å². The maximum absolute atomic E-state index is 12.0. The van der Waals surface area contributed by atoms with Crippen LogP contribution in [-0.4, -0.2) is 26.6 Å². The molecule has 0 radical (unpaired) electrons. The second-order valence-corrected chi connectivity index (χ2v) is 6.64. The molecule has 1 aromatic carbocycles. The average molecular weight is 335 g/mol. The third-order valence-electron chi connectivity index (χ3n) is 2.26. The number of halogens is 1. The smallest absolute Gasteiger partial charge is 0.221 e. The highest BCUT2D eigenvalue weighted by Gasteiger charge is 2.19. The number of anilines is 1. The molecule has 7 heteroatoms. The minimum atomic E-state index is -3.48. The van der Waals surface area contributed by atoms with Crippen LogP contribution < -0.4 is 11.1 Å². The van der Waals surface area contributed by atoms with Crippen LogP contribution >= 0.6 is 15.9 Å². The number of rotatable bonds is 5. The molecule has 18 heavy (non-hydrogen) atoms. The molecule has 0 unspecified atom stereocenters. The van der Waals surface area contributed by atoms with Crippen LogP contribution in [0.4, 0.5) is 5.69 Å². The molecule has 0 saturated carbocycles. The van der Waals surface area contributed by atoms with Crippen molar-refractivity contribution in [1.82, 2.24) is 5.32 Å². The van der Waals surface area contributed by atoms with Crippen molar-refractivity contribution in [3.63, 3.8) is 0 Å². The SMILES string of the molecule is CCNC(=O)CCS(=O)(=O)c1ccc(N)cc1Br. The number of amides is 1. The van der Waals surface area contributed by atoms with Gasteiger partial charge in [-0.3, -0.25) is 4.79 Å². The van der Waals surface area contributed by atoms with Crippen molar-refractivity contribution in [3.8, 4) is 0 Å². The van der Waals surface area contributed by atoms with E-state index in [9.17, 15) is 13.2 Å². The first kappa shape index (κ1) is 15.0. The Morgan fingerprint density at radius 2 is 2.11 bits per heavy atom. The Bertz CT molecular complexity index is 543. The number of carbonyl (C=O) groups is 1. The summed E-state index contributed by atoms with van der Waals surface area (Å²) >= 11 is 3.16. The van der Waals surface area contributed by atoms with Crippen molar-refractivity contribution in [1.29, 1.82) is 0 Å². The highest BCUT2D eigenvalue weighted by Crippen LogP contribution is 2.25. The van der Waals surface area contributed by atoms with Crippen molar-refractivity contribution < 1.29 is 13.2 Å². The topological polar surface area (TPSA) is 89.3 Å². The van der Waals surface area contributed by atoms with Gasteiger partial charge in [-0.2, -0.15) is 0 Å². The van der Waals surface area contributed by atoms with Gasteiger partial charge < -0.3 is 11.1 Å². The number of nitrogens with one attached hydrogen (secondary N) is 1. The molecule has 0 saturated heterocycles. The summed E-state index contributed by atoms with van der Waals surface area (Å²) in [6, 6.07) is 4.48. The lowest BCUT2D eigenvalue weighted by Gasteiger charge is -2.07. The number of carbonyl (C=O) groups excluding carboxylic acids is 1. The summed E-state index contributed by atoms with van der Waals surface area (Å²) < 4.78 is 24.5. The van der Waals surface area contributed by atoms with Crippen LogP contribution in [0, 0.1) is 0 Å². The first-order chi connectivity index (χ1) is 8.36. The highest BCUT2D eigenvalue weighted by molar-refractivity contribution is 9.10. The summed E-state index contributed by atoms with van der Waals surface area (Å²) in [5.41, 5.74) is 6.02. The molecule has 3 N–H and O–H groups in total. The third kappa shape index (κ3) is 3.99. The summed E-state index contributed by atoms with van der Waals surface area (Å²) in [7, 11) is -3.48. The number of hydrogen-bond donors (Lipinski definition) is 2. The Kier molecular flexibility index (Phi) is 5.15. The predicted molar refractivity (Wildman–Crippen MR) is 73.9 cm³/mol. The normalized spacial score (nSPS) is 11.2. The monoisotopic (exact) mass is 334 g/mol. The van der Waals surface area contributed by atoms with Crippen molar-refractivity contribution >= 4 is 37.4 Å². The van der Waals surface area contributed by atoms with Crippen LogP contribution in [-0.2, 0) is 14.6 Å². The van der Waals surface area contributed by atoms with Gasteiger partial charge in [0, 0.05) is 23.1 Å². The quantitative estimate of drug-likeness (QED) is 0.795. The molecule has 0 bridgehead atoms. The second kappa shape index (κ2) is 6.19. The molecular formula is C11H15BrN2O3S. The molecule has 0 spiro atoms. The summed E-state index contributed by atoms with van der Waals surface area (Å²) in [5, 5.41) is 2.56. The molecule has 1 rings (SSSR count). The minimum Gasteiger partial charge on any atom is -0.399 e. The van der Waals surface area contributed by atoms with Crippen LogP contribution in [0.25, 0.3) is 0 Å². The zero-order chi connectivity index (χ0) is 13.8. The second-order valence-electron chi connectivity index (χ2n) is 3.71. The van der Waals surface area contributed by atoms with E-state index in [2.05, 4.69) is 21.2 Å². The van der Waals surface area contributed by atoms with E-state index in [1.165, 1.54) is 18.2 Å². The molecule has 5 nitrogen and oxygen atoms in total. The lowest BCUT2D eigenvalue weighted by atomic mass is 10.3. The van der Waals surface area contributed by atoms with E-state index in [1.54, 1.807) is 6.92 Å². The van der Waals surface area contributed by atoms with E-state index in [0.717, 1.165) is 0 Å². The van der Waals surface area contributed by atoms with E-state index < -0.39 is 9.84 Å². The van der Waals surface area contributed by atoms with Crippen LogP contribution in [0.15, 0.2) is 27.6 Å². The first-order valence-corrected chi connectivity index (χ1v) is 7.86. The standard InChI is InChI=1S/C11H15BrN2O3S/c1-2-14-11(15)5-6-18(16,17)10-4-3-8(13)7-9(10)12/h3-4,7H,2,5-6,13H2,1H3,(H,14,15). The molecule has 0 fully saturated rings. The summed E-state index contributed by atoms with van der Waals surface area (Å²) in [6.45, 7) is 2.27. The first-order valence-electron chi connectivity index (χ1n) is 5.41. The third-order valence-corrected chi connectivity index (χ3v) is 4.95. The van der Waals surface area contributed by atoms with Gasteiger partial charge in [-0.05, 0) is 41.1 Å². The van der Waals surface area contributed by atoms with Gasteiger partial charge in [0.25, 0.3) is 0 Å². The van der Waals surface area contributed by atoms with E-state index in [-0.39, 0.29) is 23.0 Å². The fraction of sp³-hybridized carbons (Fsp3) is 0.364. The summed E-state index contributed by atoms with van der Waals surface area (Å²) in [4.78, 5) is 11.4. The Morgan fingerprint density at radius 3 is 2.67 bits per heavy atom. The maximum atomic E-state index is 12.0. The molecule has 0 aliphatic heterocycles. The number of sulfone groups is 1. The Hall–Kier alpha value is -1.08. The lowest BCUT2D eigenvalue weighted by Crippen LogP contribution is -2.25. The molecule has 0 aliphatic rings. The Labute approximate surface area is 115 Å². The van der Waals surface area contributed by atoms with Crippen molar-refractivity contribution in [2.75, 3.05) is 18.0 Å². The fourth-order valence-corrected chi connectivity index (χ4v) is 3.83. The van der Waals surface area contributed by atoms with E-state index in [4.69, 9.17) is 5.73 Å². The van der Waals surface area contributed by atoms with Crippen molar-refractivity contribution in [2.45, 2.75) is 18.2 Å². The van der Waals surface area contributed by atoms with Crippen LogP contribution in [0.3, 0.4) is 0 Å². The largest absolute Gasteiger partial charge is 0.399 e. The van der Waals surface area contributed by atoms with Gasteiger partial charge in [-0.25, -0.2) is 8.42 Å². The minimum absolute atomic E-state index is 0.0486. The van der Waals surface area contributed by atoms with Gasteiger partial charge in [-0.1, -0.05) is 0 Å². The van der Waals surface area contributed by atoms with E-state index >= 15 is 0 Å². The predicted octanol–water partition coefficient (Wildman–Crippen LogP) is 1.33. The maximum Gasteiger partial charge on any atom is 0.221 e. The zero-order valence-electron chi connectivity index (χ0n) is 9.94.